The van der Waals surface area contributed by atoms with Gasteiger partial charge in [0, 0.05) is 25.7 Å². The van der Waals surface area contributed by atoms with E-state index < -0.39 is 97.5 Å². The van der Waals surface area contributed by atoms with Crippen LogP contribution < -0.4 is 0 Å². The van der Waals surface area contributed by atoms with E-state index in [1.807, 2.05) is 0 Å². The van der Waals surface area contributed by atoms with E-state index in [0.29, 0.717) is 25.7 Å². The smallest absolute Gasteiger partial charge is 0.462 e. The summed E-state index contributed by atoms with van der Waals surface area (Å²) in [7, 11) is -9.92. The van der Waals surface area contributed by atoms with Crippen LogP contribution in [-0.2, 0) is 65.4 Å². The number of hydrogen-bond acceptors (Lipinski definition) is 15. The van der Waals surface area contributed by atoms with Crippen LogP contribution in [0.25, 0.3) is 0 Å². The first-order valence-electron chi connectivity index (χ1n) is 41.0. The lowest BCUT2D eigenvalue weighted by Gasteiger charge is -2.21. The predicted octanol–water partition coefficient (Wildman–Crippen LogP) is 23.5. The number of phosphoric ester groups is 2. The average Bonchev–Trinajstić information content (AvgIpc) is 1.09. The van der Waals surface area contributed by atoms with Crippen LogP contribution in [0.1, 0.15) is 414 Å². The van der Waals surface area contributed by atoms with Crippen molar-refractivity contribution < 1.29 is 80.2 Å². The van der Waals surface area contributed by atoms with Crippen LogP contribution in [0.2, 0.25) is 0 Å². The second-order valence-electron chi connectivity index (χ2n) is 29.4. The predicted molar refractivity (Wildman–Crippen MR) is 400 cm³/mol. The summed E-state index contributed by atoms with van der Waals surface area (Å²) in [6, 6.07) is 0. The number of carbonyl (C=O) groups excluding carboxylic acids is 4. The first-order chi connectivity index (χ1) is 47.4. The fraction of sp³-hybridized carbons (Fsp3) is 0.949. The van der Waals surface area contributed by atoms with Crippen molar-refractivity contribution >= 4 is 39.5 Å². The Morgan fingerprint density at radius 1 is 0.276 bits per heavy atom. The van der Waals surface area contributed by atoms with Crippen LogP contribution in [0.5, 0.6) is 0 Å². The summed E-state index contributed by atoms with van der Waals surface area (Å²) in [6.45, 7) is 9.60. The molecule has 0 aromatic carbocycles. The van der Waals surface area contributed by atoms with Gasteiger partial charge < -0.3 is 33.8 Å². The number of carbonyl (C=O) groups is 4. The fourth-order valence-corrected chi connectivity index (χ4v) is 13.8. The Bertz CT molecular complexity index is 1890. The maximum absolute atomic E-state index is 13.1. The quantitative estimate of drug-likeness (QED) is 0.0222. The van der Waals surface area contributed by atoms with Crippen molar-refractivity contribution in [3.63, 3.8) is 0 Å². The third-order valence-corrected chi connectivity index (χ3v) is 20.4. The van der Waals surface area contributed by atoms with Crippen molar-refractivity contribution in [3.8, 4) is 0 Å². The Kier molecular flexibility index (Phi) is 69.3. The van der Waals surface area contributed by atoms with E-state index in [1.54, 1.807) is 0 Å². The van der Waals surface area contributed by atoms with E-state index in [1.165, 1.54) is 231 Å². The largest absolute Gasteiger partial charge is 0.472 e. The topological polar surface area (TPSA) is 237 Å². The number of ether oxygens (including phenoxy) is 4. The SMILES string of the molecule is CCCCCCCCCCCCCCCCCCCCCCC(=O)O[C@H](COC(=O)CCCCCCCCCCCCCCC(C)C)COP(=O)(O)OC[C@@H](O)COP(=O)(O)OC[C@@H](COC(=O)CCCCCCCCCCC(C)C)OC(=O)CCCCCCCCCCCCCC. The molecular weight excluding hydrogens is 1280 g/mol. The van der Waals surface area contributed by atoms with Crippen molar-refractivity contribution in [1.82, 2.24) is 0 Å². The Balaban J connectivity index is 5.23. The van der Waals surface area contributed by atoms with Gasteiger partial charge >= 0.3 is 39.5 Å². The summed E-state index contributed by atoms with van der Waals surface area (Å²) in [5.74, 6) is -0.603. The van der Waals surface area contributed by atoms with Gasteiger partial charge in [0.1, 0.15) is 19.3 Å². The van der Waals surface area contributed by atoms with Crippen molar-refractivity contribution in [2.45, 2.75) is 432 Å². The van der Waals surface area contributed by atoms with E-state index in [4.69, 9.17) is 37.0 Å². The number of hydrogen-bond donors (Lipinski definition) is 3. The first-order valence-corrected chi connectivity index (χ1v) is 44.0. The van der Waals surface area contributed by atoms with E-state index in [2.05, 4.69) is 41.5 Å². The number of aliphatic hydroxyl groups is 1. The molecule has 582 valence electrons. The summed E-state index contributed by atoms with van der Waals surface area (Å²) < 4.78 is 68.6. The van der Waals surface area contributed by atoms with Crippen LogP contribution in [0, 0.1) is 11.8 Å². The Hall–Kier alpha value is -1.94. The van der Waals surface area contributed by atoms with Gasteiger partial charge in [-0.2, -0.15) is 0 Å². The third-order valence-electron chi connectivity index (χ3n) is 18.5. The van der Waals surface area contributed by atoms with Crippen LogP contribution in [0.3, 0.4) is 0 Å². The molecule has 0 aromatic heterocycles. The molecule has 98 heavy (non-hydrogen) atoms. The molecule has 0 aliphatic rings. The third kappa shape index (κ3) is 72.4. The average molecular weight is 1440 g/mol. The monoisotopic (exact) mass is 1440 g/mol. The molecule has 3 N–H and O–H groups in total. The normalized spacial score (nSPS) is 13.9. The number of unbranched alkanes of at least 4 members (excludes halogenated alkanes) is 48. The molecule has 2 unspecified atom stereocenters. The van der Waals surface area contributed by atoms with Crippen LogP contribution >= 0.6 is 15.6 Å². The second kappa shape index (κ2) is 70.7. The second-order valence-corrected chi connectivity index (χ2v) is 32.3. The molecule has 0 aliphatic heterocycles. The molecule has 0 spiro atoms. The highest BCUT2D eigenvalue weighted by molar-refractivity contribution is 7.47. The van der Waals surface area contributed by atoms with Gasteiger partial charge in [0.25, 0.3) is 0 Å². The molecule has 0 amide bonds. The highest BCUT2D eigenvalue weighted by Crippen LogP contribution is 2.45. The van der Waals surface area contributed by atoms with Crippen molar-refractivity contribution in [2.75, 3.05) is 39.6 Å². The summed E-state index contributed by atoms with van der Waals surface area (Å²) in [6.07, 6.45) is 59.7. The molecule has 0 rings (SSSR count). The lowest BCUT2D eigenvalue weighted by molar-refractivity contribution is -0.161. The van der Waals surface area contributed by atoms with Gasteiger partial charge in [-0.25, -0.2) is 9.13 Å². The standard InChI is InChI=1S/C79H154O17P2/c1-7-9-11-13-15-17-19-21-22-23-24-25-26-27-28-34-38-46-52-58-64-79(84)95-74(67-89-76(81)61-55-49-43-36-33-30-29-31-35-41-47-53-59-71(3)4)69-93-97(85,86)91-65-73(80)66-92-98(87,88)94-70-75(68-90-77(82)62-56-50-44-40-39-42-48-54-60-72(5)6)96-78(83)63-57-51-45-37-32-20-18-16-14-12-10-8-2/h71-75,80H,7-70H2,1-6H3,(H,85,86)(H,87,88)/t73-,74-,75-/m1/s1. The van der Waals surface area contributed by atoms with E-state index in [0.717, 1.165) is 102 Å². The van der Waals surface area contributed by atoms with Gasteiger partial charge in [0.2, 0.25) is 0 Å². The fourth-order valence-electron chi connectivity index (χ4n) is 12.2. The van der Waals surface area contributed by atoms with E-state index >= 15 is 0 Å². The Morgan fingerprint density at radius 2 is 0.469 bits per heavy atom. The van der Waals surface area contributed by atoms with Gasteiger partial charge in [-0.1, -0.05) is 363 Å². The van der Waals surface area contributed by atoms with Gasteiger partial charge in [-0.05, 0) is 37.5 Å². The molecule has 0 heterocycles. The molecule has 5 atom stereocenters. The molecule has 0 aliphatic carbocycles. The Morgan fingerprint density at radius 3 is 0.694 bits per heavy atom. The van der Waals surface area contributed by atoms with Gasteiger partial charge in [0.05, 0.1) is 26.4 Å². The van der Waals surface area contributed by atoms with Gasteiger partial charge in [-0.3, -0.25) is 37.3 Å². The zero-order chi connectivity index (χ0) is 72.1. The molecule has 0 aromatic rings. The molecule has 19 heteroatoms. The van der Waals surface area contributed by atoms with Gasteiger partial charge in [0.15, 0.2) is 12.2 Å². The molecule has 17 nitrogen and oxygen atoms in total. The zero-order valence-electron chi connectivity index (χ0n) is 64.1. The zero-order valence-corrected chi connectivity index (χ0v) is 65.9. The summed E-state index contributed by atoms with van der Waals surface area (Å²) in [4.78, 5) is 72.9. The minimum atomic E-state index is -4.96. The maximum atomic E-state index is 13.1. The molecule has 0 saturated heterocycles. The maximum Gasteiger partial charge on any atom is 0.472 e. The number of rotatable bonds is 78. The summed E-state index contributed by atoms with van der Waals surface area (Å²) >= 11 is 0. The molecule has 0 fully saturated rings. The van der Waals surface area contributed by atoms with Crippen molar-refractivity contribution in [3.05, 3.63) is 0 Å². The highest BCUT2D eigenvalue weighted by Gasteiger charge is 2.30. The van der Waals surface area contributed by atoms with Crippen LogP contribution in [0.4, 0.5) is 0 Å². The van der Waals surface area contributed by atoms with E-state index in [-0.39, 0.29) is 25.7 Å². The van der Waals surface area contributed by atoms with Crippen molar-refractivity contribution in [2.24, 2.45) is 11.8 Å². The van der Waals surface area contributed by atoms with Crippen LogP contribution in [0.15, 0.2) is 0 Å². The number of esters is 4. The molecule has 0 radical (unpaired) electrons. The van der Waals surface area contributed by atoms with Crippen LogP contribution in [-0.4, -0.2) is 96.7 Å². The minimum absolute atomic E-state index is 0.107. The van der Waals surface area contributed by atoms with Crippen molar-refractivity contribution in [1.29, 1.82) is 0 Å². The van der Waals surface area contributed by atoms with E-state index in [9.17, 15) is 43.2 Å². The summed E-state index contributed by atoms with van der Waals surface area (Å²) in [5.41, 5.74) is 0. The molecular formula is C79H154O17P2. The number of phosphoric acid groups is 2. The first kappa shape index (κ1) is 96.1. The molecule has 0 bridgehead atoms. The highest BCUT2D eigenvalue weighted by atomic mass is 31.2. The minimum Gasteiger partial charge on any atom is -0.462 e. The lowest BCUT2D eigenvalue weighted by Crippen LogP contribution is -2.30. The molecule has 0 saturated carbocycles. The lowest BCUT2D eigenvalue weighted by atomic mass is 10.0. The summed E-state index contributed by atoms with van der Waals surface area (Å²) in [5, 5.41) is 10.6. The van der Waals surface area contributed by atoms with Gasteiger partial charge in [-0.15, -0.1) is 0 Å². The number of aliphatic hydroxyl groups excluding tert-OH is 1. The Labute approximate surface area is 600 Å².